The Kier molecular flexibility index (Phi) is 4.76. The predicted octanol–water partition coefficient (Wildman–Crippen LogP) is 0.820. The second-order valence-electron chi connectivity index (χ2n) is 4.48. The molecule has 1 aliphatic heterocycles. The van der Waals surface area contributed by atoms with E-state index in [9.17, 15) is 8.42 Å². The fraction of sp³-hybridized carbons (Fsp3) is 0.500. The molecular formula is C12H19N3O3S. The second kappa shape index (κ2) is 6.33. The summed E-state index contributed by atoms with van der Waals surface area (Å²) in [6.07, 6.45) is 2.97. The summed E-state index contributed by atoms with van der Waals surface area (Å²) in [5.41, 5.74) is 2.76. The fourth-order valence-electron chi connectivity index (χ4n) is 2.07. The first-order valence-corrected chi connectivity index (χ1v) is 7.79. The number of nitrogen functional groups attached to an aromatic ring is 1. The highest BCUT2D eigenvalue weighted by molar-refractivity contribution is 7.89. The zero-order valence-electron chi connectivity index (χ0n) is 10.6. The largest absolute Gasteiger partial charge is 0.377 e. The van der Waals surface area contributed by atoms with Crippen molar-refractivity contribution in [3.8, 4) is 0 Å². The summed E-state index contributed by atoms with van der Waals surface area (Å²) < 4.78 is 32.5. The highest BCUT2D eigenvalue weighted by Gasteiger charge is 2.21. The SMILES string of the molecule is NNc1ccccc1S(=O)(=O)NCC1CCCCO1. The van der Waals surface area contributed by atoms with E-state index in [4.69, 9.17) is 10.6 Å². The van der Waals surface area contributed by atoms with E-state index in [1.807, 2.05) is 0 Å². The predicted molar refractivity (Wildman–Crippen MR) is 73.0 cm³/mol. The molecule has 4 N–H and O–H groups in total. The molecule has 19 heavy (non-hydrogen) atoms. The van der Waals surface area contributed by atoms with E-state index < -0.39 is 10.0 Å². The lowest BCUT2D eigenvalue weighted by molar-refractivity contribution is 0.0200. The maximum atomic E-state index is 12.2. The maximum absolute atomic E-state index is 12.2. The molecular weight excluding hydrogens is 266 g/mol. The smallest absolute Gasteiger partial charge is 0.242 e. The quantitative estimate of drug-likeness (QED) is 0.550. The monoisotopic (exact) mass is 285 g/mol. The first-order valence-electron chi connectivity index (χ1n) is 6.30. The van der Waals surface area contributed by atoms with Crippen LogP contribution in [0.5, 0.6) is 0 Å². The number of nitrogens with two attached hydrogens (primary N) is 1. The number of rotatable bonds is 5. The van der Waals surface area contributed by atoms with E-state index in [1.165, 1.54) is 6.07 Å². The molecule has 1 aliphatic rings. The van der Waals surface area contributed by atoms with Crippen molar-refractivity contribution < 1.29 is 13.2 Å². The molecule has 1 unspecified atom stereocenters. The van der Waals surface area contributed by atoms with Crippen molar-refractivity contribution in [2.24, 2.45) is 5.84 Å². The Morgan fingerprint density at radius 1 is 1.32 bits per heavy atom. The Balaban J connectivity index is 2.05. The van der Waals surface area contributed by atoms with Gasteiger partial charge in [-0.1, -0.05) is 12.1 Å². The molecule has 7 heteroatoms. The zero-order valence-corrected chi connectivity index (χ0v) is 11.4. The number of sulfonamides is 1. The van der Waals surface area contributed by atoms with Gasteiger partial charge in [0.15, 0.2) is 0 Å². The van der Waals surface area contributed by atoms with Crippen molar-refractivity contribution >= 4 is 15.7 Å². The van der Waals surface area contributed by atoms with E-state index in [2.05, 4.69) is 10.1 Å². The van der Waals surface area contributed by atoms with Crippen LogP contribution in [0.2, 0.25) is 0 Å². The lowest BCUT2D eigenvalue weighted by Crippen LogP contribution is -2.35. The van der Waals surface area contributed by atoms with Gasteiger partial charge in [0.05, 0.1) is 11.8 Å². The van der Waals surface area contributed by atoms with Crippen LogP contribution in [-0.4, -0.2) is 27.7 Å². The zero-order chi connectivity index (χ0) is 13.7. The number of hydrazine groups is 1. The van der Waals surface area contributed by atoms with Crippen LogP contribution < -0.4 is 16.0 Å². The Morgan fingerprint density at radius 3 is 2.79 bits per heavy atom. The molecule has 0 amide bonds. The molecule has 2 rings (SSSR count). The van der Waals surface area contributed by atoms with Gasteiger partial charge in [0.25, 0.3) is 0 Å². The van der Waals surface area contributed by atoms with Crippen LogP contribution in [0.3, 0.4) is 0 Å². The normalized spacial score (nSPS) is 20.2. The topological polar surface area (TPSA) is 93.5 Å². The summed E-state index contributed by atoms with van der Waals surface area (Å²) in [6.45, 7) is 0.995. The van der Waals surface area contributed by atoms with E-state index in [-0.39, 0.29) is 11.0 Å². The number of anilines is 1. The Morgan fingerprint density at radius 2 is 2.11 bits per heavy atom. The molecule has 1 atom stereocenters. The standard InChI is InChI=1S/C12H19N3O3S/c13-15-11-6-1-2-7-12(11)19(16,17)14-9-10-5-3-4-8-18-10/h1-2,6-7,10,14-15H,3-5,8-9,13H2. The van der Waals surface area contributed by atoms with Crippen molar-refractivity contribution in [2.75, 3.05) is 18.6 Å². The minimum absolute atomic E-state index is 0.0403. The minimum Gasteiger partial charge on any atom is -0.377 e. The molecule has 0 aromatic heterocycles. The van der Waals surface area contributed by atoms with Crippen LogP contribution in [0.4, 0.5) is 5.69 Å². The summed E-state index contributed by atoms with van der Waals surface area (Å²) in [5, 5.41) is 0. The Labute approximate surface area is 113 Å². The van der Waals surface area contributed by atoms with Crippen LogP contribution >= 0.6 is 0 Å². The second-order valence-corrected chi connectivity index (χ2v) is 6.22. The van der Waals surface area contributed by atoms with Gasteiger partial charge in [0.2, 0.25) is 10.0 Å². The molecule has 0 aliphatic carbocycles. The molecule has 1 aromatic carbocycles. The third-order valence-electron chi connectivity index (χ3n) is 3.11. The Bertz CT molecular complexity index is 513. The summed E-state index contributed by atoms with van der Waals surface area (Å²) in [4.78, 5) is 0.147. The number of benzene rings is 1. The highest BCUT2D eigenvalue weighted by Crippen LogP contribution is 2.20. The average molecular weight is 285 g/mol. The number of ether oxygens (including phenoxy) is 1. The molecule has 0 spiro atoms. The van der Waals surface area contributed by atoms with Gasteiger partial charge in [-0.05, 0) is 31.4 Å². The molecule has 0 bridgehead atoms. The Hall–Kier alpha value is -1.15. The first-order chi connectivity index (χ1) is 9.13. The molecule has 1 fully saturated rings. The average Bonchev–Trinajstić information content (AvgIpc) is 2.46. The first kappa shape index (κ1) is 14.3. The summed E-state index contributed by atoms with van der Waals surface area (Å²) in [7, 11) is -3.57. The minimum atomic E-state index is -3.57. The van der Waals surface area contributed by atoms with Crippen LogP contribution in [0.1, 0.15) is 19.3 Å². The van der Waals surface area contributed by atoms with Crippen molar-refractivity contribution in [1.82, 2.24) is 4.72 Å². The maximum Gasteiger partial charge on any atom is 0.242 e. The van der Waals surface area contributed by atoms with Gasteiger partial charge < -0.3 is 10.2 Å². The van der Waals surface area contributed by atoms with Crippen LogP contribution in [-0.2, 0) is 14.8 Å². The van der Waals surface area contributed by atoms with E-state index in [0.717, 1.165) is 19.3 Å². The van der Waals surface area contributed by atoms with Crippen LogP contribution in [0, 0.1) is 0 Å². The van der Waals surface area contributed by atoms with Gasteiger partial charge in [0, 0.05) is 13.2 Å². The number of nitrogens with one attached hydrogen (secondary N) is 2. The number of hydrogen-bond donors (Lipinski definition) is 3. The van der Waals surface area contributed by atoms with Gasteiger partial charge >= 0.3 is 0 Å². The van der Waals surface area contributed by atoms with E-state index in [0.29, 0.717) is 18.8 Å². The van der Waals surface area contributed by atoms with E-state index in [1.54, 1.807) is 18.2 Å². The summed E-state index contributed by atoms with van der Waals surface area (Å²) in [6, 6.07) is 6.51. The molecule has 0 saturated carbocycles. The van der Waals surface area contributed by atoms with Crippen molar-refractivity contribution in [3.63, 3.8) is 0 Å². The van der Waals surface area contributed by atoms with Gasteiger partial charge in [-0.15, -0.1) is 0 Å². The molecule has 1 saturated heterocycles. The van der Waals surface area contributed by atoms with Crippen molar-refractivity contribution in [2.45, 2.75) is 30.3 Å². The van der Waals surface area contributed by atoms with Crippen LogP contribution in [0.25, 0.3) is 0 Å². The highest BCUT2D eigenvalue weighted by atomic mass is 32.2. The molecule has 6 nitrogen and oxygen atoms in total. The van der Waals surface area contributed by atoms with Gasteiger partial charge in [0.1, 0.15) is 4.90 Å². The molecule has 1 heterocycles. The van der Waals surface area contributed by atoms with Gasteiger partial charge in [-0.25, -0.2) is 13.1 Å². The third-order valence-corrected chi connectivity index (χ3v) is 4.59. The number of hydrogen-bond acceptors (Lipinski definition) is 5. The molecule has 1 aromatic rings. The summed E-state index contributed by atoms with van der Waals surface area (Å²) in [5.74, 6) is 5.32. The van der Waals surface area contributed by atoms with E-state index >= 15 is 0 Å². The summed E-state index contributed by atoms with van der Waals surface area (Å²) >= 11 is 0. The van der Waals surface area contributed by atoms with Crippen LogP contribution in [0.15, 0.2) is 29.2 Å². The lowest BCUT2D eigenvalue weighted by atomic mass is 10.1. The number of para-hydroxylation sites is 1. The van der Waals surface area contributed by atoms with Gasteiger partial charge in [-0.3, -0.25) is 5.84 Å². The fourth-order valence-corrected chi connectivity index (χ4v) is 3.30. The molecule has 0 radical (unpaired) electrons. The van der Waals surface area contributed by atoms with Crippen molar-refractivity contribution in [3.05, 3.63) is 24.3 Å². The van der Waals surface area contributed by atoms with Gasteiger partial charge in [-0.2, -0.15) is 0 Å². The molecule has 106 valence electrons. The third kappa shape index (κ3) is 3.66. The van der Waals surface area contributed by atoms with Crippen molar-refractivity contribution in [1.29, 1.82) is 0 Å². The lowest BCUT2D eigenvalue weighted by Gasteiger charge is -2.22.